The largest absolute Gasteiger partial charge is 0.459 e. The first-order valence-corrected chi connectivity index (χ1v) is 7.46. The Balaban J connectivity index is 1.77. The van der Waals surface area contributed by atoms with Gasteiger partial charge in [-0.05, 0) is 35.6 Å². The van der Waals surface area contributed by atoms with Crippen molar-refractivity contribution in [2.24, 2.45) is 5.73 Å². The van der Waals surface area contributed by atoms with Gasteiger partial charge >= 0.3 is 0 Å². The quantitative estimate of drug-likeness (QED) is 0.745. The molecule has 2 N–H and O–H groups in total. The number of hydrogen-bond acceptors (Lipinski definition) is 2. The number of furan rings is 1. The number of para-hydroxylation sites is 1. The van der Waals surface area contributed by atoms with Crippen molar-refractivity contribution in [1.29, 1.82) is 0 Å². The maximum Gasteiger partial charge on any atom is 0.134 e. The fraction of sp³-hybridized carbons (Fsp3) is 0.263. The first kappa shape index (κ1) is 13.9. The molecular formula is C19H21NO. The molecule has 0 aliphatic carbocycles. The summed E-state index contributed by atoms with van der Waals surface area (Å²) in [5, 5.41) is 1.11. The third-order valence-corrected chi connectivity index (χ3v) is 3.91. The van der Waals surface area contributed by atoms with Gasteiger partial charge in [-0.25, -0.2) is 0 Å². The summed E-state index contributed by atoms with van der Waals surface area (Å²) in [6.07, 6.45) is 0.790. The van der Waals surface area contributed by atoms with E-state index in [1.54, 1.807) is 0 Å². The Kier molecular flexibility index (Phi) is 3.80. The molecule has 3 rings (SSSR count). The molecule has 2 aromatic carbocycles. The highest BCUT2D eigenvalue weighted by atomic mass is 16.3. The molecule has 0 saturated carbocycles. The fourth-order valence-electron chi connectivity index (χ4n) is 2.58. The van der Waals surface area contributed by atoms with Crippen molar-refractivity contribution in [3.05, 3.63) is 71.5 Å². The monoisotopic (exact) mass is 279 g/mol. The Hall–Kier alpha value is -2.06. The average Bonchev–Trinajstić information content (AvgIpc) is 2.92. The predicted molar refractivity (Wildman–Crippen MR) is 87.4 cm³/mol. The van der Waals surface area contributed by atoms with Crippen molar-refractivity contribution in [1.82, 2.24) is 0 Å². The molecule has 2 heteroatoms. The van der Waals surface area contributed by atoms with Crippen LogP contribution < -0.4 is 5.73 Å². The van der Waals surface area contributed by atoms with Crippen molar-refractivity contribution in [3.8, 4) is 0 Å². The second kappa shape index (κ2) is 5.74. The molecule has 108 valence electrons. The van der Waals surface area contributed by atoms with E-state index < -0.39 is 0 Å². The zero-order chi connectivity index (χ0) is 14.8. The lowest BCUT2D eigenvalue weighted by atomic mass is 9.98. The number of rotatable bonds is 4. The average molecular weight is 279 g/mol. The van der Waals surface area contributed by atoms with E-state index in [2.05, 4.69) is 38.1 Å². The normalized spacial score (nSPS) is 13.0. The maximum atomic E-state index is 6.29. The highest BCUT2D eigenvalue weighted by molar-refractivity contribution is 5.77. The first-order chi connectivity index (χ1) is 10.1. The van der Waals surface area contributed by atoms with E-state index in [0.717, 1.165) is 23.2 Å². The van der Waals surface area contributed by atoms with Crippen LogP contribution in [0.2, 0.25) is 0 Å². The Bertz CT molecular complexity index is 692. The summed E-state index contributed by atoms with van der Waals surface area (Å²) in [5.41, 5.74) is 9.80. The molecule has 2 nitrogen and oxygen atoms in total. The van der Waals surface area contributed by atoms with Gasteiger partial charge in [0.05, 0.1) is 6.04 Å². The third-order valence-electron chi connectivity index (χ3n) is 3.91. The van der Waals surface area contributed by atoms with Crippen molar-refractivity contribution in [2.75, 3.05) is 0 Å². The molecule has 0 radical (unpaired) electrons. The molecule has 1 heterocycles. The van der Waals surface area contributed by atoms with Gasteiger partial charge in [-0.15, -0.1) is 0 Å². The van der Waals surface area contributed by atoms with Crippen molar-refractivity contribution in [3.63, 3.8) is 0 Å². The minimum atomic E-state index is -0.109. The molecule has 0 aliphatic heterocycles. The number of nitrogens with two attached hydrogens (primary N) is 1. The molecule has 0 spiro atoms. The van der Waals surface area contributed by atoms with Crippen molar-refractivity contribution in [2.45, 2.75) is 32.2 Å². The van der Waals surface area contributed by atoms with Crippen LogP contribution in [0.25, 0.3) is 11.0 Å². The van der Waals surface area contributed by atoms with E-state index in [1.165, 1.54) is 11.1 Å². The lowest BCUT2D eigenvalue weighted by molar-refractivity contribution is 0.494. The summed E-state index contributed by atoms with van der Waals surface area (Å²) in [7, 11) is 0. The van der Waals surface area contributed by atoms with Crippen LogP contribution >= 0.6 is 0 Å². The molecule has 1 unspecified atom stereocenters. The minimum absolute atomic E-state index is 0.109. The SMILES string of the molecule is CC(C)c1ccc(CC(N)c2cc3ccccc3o2)cc1. The molecule has 0 amide bonds. The van der Waals surface area contributed by atoms with Gasteiger partial charge in [-0.1, -0.05) is 56.3 Å². The van der Waals surface area contributed by atoms with Gasteiger partial charge in [0.15, 0.2) is 0 Å². The molecule has 0 saturated heterocycles. The van der Waals surface area contributed by atoms with Crippen LogP contribution in [0.15, 0.2) is 59.0 Å². The Morgan fingerprint density at radius 2 is 1.71 bits per heavy atom. The molecule has 1 aromatic heterocycles. The van der Waals surface area contributed by atoms with Gasteiger partial charge in [0.2, 0.25) is 0 Å². The van der Waals surface area contributed by atoms with Crippen LogP contribution in [-0.2, 0) is 6.42 Å². The highest BCUT2D eigenvalue weighted by Gasteiger charge is 2.12. The van der Waals surface area contributed by atoms with Crippen LogP contribution in [0, 0.1) is 0 Å². The van der Waals surface area contributed by atoms with Crippen molar-refractivity contribution >= 4 is 11.0 Å². The van der Waals surface area contributed by atoms with Gasteiger partial charge in [-0.3, -0.25) is 0 Å². The summed E-state index contributed by atoms with van der Waals surface area (Å²) in [4.78, 5) is 0. The van der Waals surface area contributed by atoms with E-state index in [9.17, 15) is 0 Å². The molecule has 3 aromatic rings. The molecule has 1 atom stereocenters. The Morgan fingerprint density at radius 1 is 1.00 bits per heavy atom. The summed E-state index contributed by atoms with van der Waals surface area (Å²) in [6, 6.07) is 18.6. The highest BCUT2D eigenvalue weighted by Crippen LogP contribution is 2.25. The van der Waals surface area contributed by atoms with E-state index in [0.29, 0.717) is 5.92 Å². The van der Waals surface area contributed by atoms with Gasteiger partial charge in [0.25, 0.3) is 0 Å². The fourth-order valence-corrected chi connectivity index (χ4v) is 2.58. The number of benzene rings is 2. The van der Waals surface area contributed by atoms with Crippen LogP contribution in [0.4, 0.5) is 0 Å². The van der Waals surface area contributed by atoms with Crippen LogP contribution in [0.5, 0.6) is 0 Å². The van der Waals surface area contributed by atoms with Crippen molar-refractivity contribution < 1.29 is 4.42 Å². The minimum Gasteiger partial charge on any atom is -0.459 e. The van der Waals surface area contributed by atoms with E-state index in [-0.39, 0.29) is 6.04 Å². The summed E-state index contributed by atoms with van der Waals surface area (Å²) < 4.78 is 5.84. The van der Waals surface area contributed by atoms with E-state index in [4.69, 9.17) is 10.2 Å². The second-order valence-corrected chi connectivity index (χ2v) is 5.89. The molecule has 0 fully saturated rings. The summed E-state index contributed by atoms with van der Waals surface area (Å²) in [5.74, 6) is 1.41. The maximum absolute atomic E-state index is 6.29. The van der Waals surface area contributed by atoms with Crippen LogP contribution in [0.3, 0.4) is 0 Å². The van der Waals surface area contributed by atoms with E-state index in [1.807, 2.05) is 30.3 Å². The first-order valence-electron chi connectivity index (χ1n) is 7.46. The number of fused-ring (bicyclic) bond motifs is 1. The zero-order valence-electron chi connectivity index (χ0n) is 12.5. The van der Waals surface area contributed by atoms with Gasteiger partial charge in [-0.2, -0.15) is 0 Å². The Labute approximate surface area is 125 Å². The molecular weight excluding hydrogens is 258 g/mol. The molecule has 0 aliphatic rings. The van der Waals surface area contributed by atoms with Gasteiger partial charge in [0, 0.05) is 5.39 Å². The number of hydrogen-bond donors (Lipinski definition) is 1. The van der Waals surface area contributed by atoms with Crippen LogP contribution in [-0.4, -0.2) is 0 Å². The second-order valence-electron chi connectivity index (χ2n) is 5.89. The lowest BCUT2D eigenvalue weighted by Gasteiger charge is -2.10. The zero-order valence-corrected chi connectivity index (χ0v) is 12.5. The van der Waals surface area contributed by atoms with Gasteiger partial charge < -0.3 is 10.2 Å². The standard InChI is InChI=1S/C19H21NO/c1-13(2)15-9-7-14(8-10-15)11-17(20)19-12-16-5-3-4-6-18(16)21-19/h3-10,12-13,17H,11,20H2,1-2H3. The van der Waals surface area contributed by atoms with Gasteiger partial charge in [0.1, 0.15) is 11.3 Å². The molecule has 0 bridgehead atoms. The lowest BCUT2D eigenvalue weighted by Crippen LogP contribution is -2.12. The molecule has 21 heavy (non-hydrogen) atoms. The third kappa shape index (κ3) is 3.01. The Morgan fingerprint density at radius 3 is 2.38 bits per heavy atom. The smallest absolute Gasteiger partial charge is 0.134 e. The van der Waals surface area contributed by atoms with E-state index >= 15 is 0 Å². The summed E-state index contributed by atoms with van der Waals surface area (Å²) in [6.45, 7) is 4.41. The topological polar surface area (TPSA) is 39.2 Å². The summed E-state index contributed by atoms with van der Waals surface area (Å²) >= 11 is 0. The van der Waals surface area contributed by atoms with Crippen LogP contribution in [0.1, 0.15) is 42.7 Å². The predicted octanol–water partition coefficient (Wildman–Crippen LogP) is 4.80.